The molecule has 2 N–H and O–H groups in total. The number of hydrogen-bond acceptors (Lipinski definition) is 3. The number of halogens is 1. The number of piperidine rings is 1. The molecule has 1 aromatic rings. The number of rotatable bonds is 6. The van der Waals surface area contributed by atoms with Crippen LogP contribution in [0, 0.1) is 12.7 Å². The molecule has 5 heteroatoms. The number of benzene rings is 1. The van der Waals surface area contributed by atoms with Crippen molar-refractivity contribution in [2.24, 2.45) is 0 Å². The van der Waals surface area contributed by atoms with Gasteiger partial charge < -0.3 is 10.6 Å². The molecular formula is C19H29FN2O2. The fourth-order valence-electron chi connectivity index (χ4n) is 3.40. The Morgan fingerprint density at radius 2 is 1.92 bits per heavy atom. The van der Waals surface area contributed by atoms with Gasteiger partial charge in [-0.15, -0.1) is 0 Å². The standard InChI is InChI=1S/C17H26FN.C2H3NO2/c1-4-5-12(2)17-13(3)10-15(11-16(17)18)14-6-8-19-9-7-14;4-1-3-2-5/h10-12,14,19H,4-9H2,1-3H3;1-2H,(H,3,4,5). The first-order valence-corrected chi connectivity index (χ1v) is 8.69. The number of amides is 2. The second-order valence-electron chi connectivity index (χ2n) is 6.35. The van der Waals surface area contributed by atoms with Crippen LogP contribution in [0.15, 0.2) is 12.1 Å². The molecule has 134 valence electrons. The first-order chi connectivity index (χ1) is 11.5. The Bertz CT molecular complexity index is 499. The number of imide groups is 1. The Balaban J connectivity index is 0.000000505. The Hall–Kier alpha value is -1.75. The highest BCUT2D eigenvalue weighted by Gasteiger charge is 2.20. The van der Waals surface area contributed by atoms with Crippen molar-refractivity contribution in [1.82, 2.24) is 10.6 Å². The molecule has 1 aliphatic rings. The van der Waals surface area contributed by atoms with Gasteiger partial charge in [-0.2, -0.15) is 0 Å². The van der Waals surface area contributed by atoms with Crippen LogP contribution in [0.4, 0.5) is 4.39 Å². The quantitative estimate of drug-likeness (QED) is 0.783. The molecule has 2 rings (SSSR count). The van der Waals surface area contributed by atoms with E-state index in [-0.39, 0.29) is 5.82 Å². The van der Waals surface area contributed by atoms with E-state index in [0.29, 0.717) is 24.7 Å². The van der Waals surface area contributed by atoms with Gasteiger partial charge in [0.1, 0.15) is 5.82 Å². The lowest BCUT2D eigenvalue weighted by molar-refractivity contribution is -0.117. The molecule has 0 spiro atoms. The second kappa shape index (κ2) is 10.9. The predicted molar refractivity (Wildman–Crippen MR) is 94.6 cm³/mol. The normalized spacial score (nSPS) is 15.8. The van der Waals surface area contributed by atoms with E-state index in [9.17, 15) is 4.39 Å². The SMILES string of the molecule is CCCC(C)c1c(C)cc(C2CCNCC2)cc1F.O=CNC=O. The highest BCUT2D eigenvalue weighted by atomic mass is 19.1. The van der Waals surface area contributed by atoms with Gasteiger partial charge >= 0.3 is 0 Å². The molecule has 0 saturated carbocycles. The molecule has 2 amide bonds. The van der Waals surface area contributed by atoms with Gasteiger partial charge in [-0.25, -0.2) is 4.39 Å². The zero-order chi connectivity index (χ0) is 17.9. The molecule has 0 bridgehead atoms. The van der Waals surface area contributed by atoms with E-state index >= 15 is 0 Å². The number of aryl methyl sites for hydroxylation is 1. The van der Waals surface area contributed by atoms with E-state index in [2.05, 4.69) is 32.2 Å². The van der Waals surface area contributed by atoms with E-state index in [0.717, 1.165) is 49.9 Å². The van der Waals surface area contributed by atoms with Crippen molar-refractivity contribution < 1.29 is 14.0 Å². The van der Waals surface area contributed by atoms with E-state index < -0.39 is 0 Å². The van der Waals surface area contributed by atoms with Crippen LogP contribution in [-0.4, -0.2) is 25.9 Å². The average molecular weight is 336 g/mol. The summed E-state index contributed by atoms with van der Waals surface area (Å²) in [7, 11) is 0. The summed E-state index contributed by atoms with van der Waals surface area (Å²) >= 11 is 0. The van der Waals surface area contributed by atoms with Gasteiger partial charge in [0, 0.05) is 0 Å². The molecule has 1 fully saturated rings. The molecule has 1 unspecified atom stereocenters. The maximum Gasteiger partial charge on any atom is 0.213 e. The maximum absolute atomic E-state index is 14.4. The number of nitrogens with one attached hydrogen (secondary N) is 2. The third-order valence-corrected chi connectivity index (χ3v) is 4.52. The number of hydrogen-bond donors (Lipinski definition) is 2. The van der Waals surface area contributed by atoms with Crippen LogP contribution in [0.3, 0.4) is 0 Å². The smallest absolute Gasteiger partial charge is 0.213 e. The molecule has 1 aliphatic heterocycles. The lowest BCUT2D eigenvalue weighted by atomic mass is 9.85. The van der Waals surface area contributed by atoms with E-state index in [4.69, 9.17) is 9.59 Å². The zero-order valence-corrected chi connectivity index (χ0v) is 14.9. The average Bonchev–Trinajstić information content (AvgIpc) is 2.56. The summed E-state index contributed by atoms with van der Waals surface area (Å²) in [6.45, 7) is 8.47. The summed E-state index contributed by atoms with van der Waals surface area (Å²) < 4.78 is 14.4. The summed E-state index contributed by atoms with van der Waals surface area (Å²) in [5.41, 5.74) is 3.26. The van der Waals surface area contributed by atoms with E-state index in [1.807, 2.05) is 0 Å². The molecular weight excluding hydrogens is 307 g/mol. The summed E-state index contributed by atoms with van der Waals surface area (Å²) in [5, 5.41) is 5.12. The van der Waals surface area contributed by atoms with Crippen molar-refractivity contribution in [1.29, 1.82) is 0 Å². The summed E-state index contributed by atoms with van der Waals surface area (Å²) in [4.78, 5) is 18.1. The molecule has 1 atom stereocenters. The highest BCUT2D eigenvalue weighted by Crippen LogP contribution is 2.32. The van der Waals surface area contributed by atoms with Crippen LogP contribution >= 0.6 is 0 Å². The molecule has 0 radical (unpaired) electrons. The van der Waals surface area contributed by atoms with E-state index in [1.165, 1.54) is 5.56 Å². The van der Waals surface area contributed by atoms with Crippen molar-refractivity contribution in [3.8, 4) is 0 Å². The van der Waals surface area contributed by atoms with Gasteiger partial charge in [-0.05, 0) is 73.9 Å². The second-order valence-corrected chi connectivity index (χ2v) is 6.35. The predicted octanol–water partition coefficient (Wildman–Crippen LogP) is 3.39. The van der Waals surface area contributed by atoms with Crippen molar-refractivity contribution in [3.63, 3.8) is 0 Å². The van der Waals surface area contributed by atoms with Gasteiger partial charge in [0.2, 0.25) is 12.8 Å². The van der Waals surface area contributed by atoms with Crippen LogP contribution < -0.4 is 10.6 Å². The monoisotopic (exact) mass is 336 g/mol. The minimum atomic E-state index is 0.00878. The topological polar surface area (TPSA) is 58.2 Å². The van der Waals surface area contributed by atoms with Gasteiger partial charge in [0.15, 0.2) is 0 Å². The van der Waals surface area contributed by atoms with Crippen LogP contribution in [-0.2, 0) is 9.59 Å². The van der Waals surface area contributed by atoms with Crippen LogP contribution in [0.5, 0.6) is 0 Å². The zero-order valence-electron chi connectivity index (χ0n) is 14.9. The van der Waals surface area contributed by atoms with Gasteiger partial charge in [-0.1, -0.05) is 26.3 Å². The summed E-state index contributed by atoms with van der Waals surface area (Å²) in [5.74, 6) is 0.867. The summed E-state index contributed by atoms with van der Waals surface area (Å²) in [6.07, 6.45) is 5.05. The van der Waals surface area contributed by atoms with Crippen molar-refractivity contribution in [2.75, 3.05) is 13.1 Å². The van der Waals surface area contributed by atoms with E-state index in [1.54, 1.807) is 11.4 Å². The lowest BCUT2D eigenvalue weighted by Crippen LogP contribution is -2.26. The van der Waals surface area contributed by atoms with Gasteiger partial charge in [0.05, 0.1) is 0 Å². The third-order valence-electron chi connectivity index (χ3n) is 4.52. The molecule has 1 aromatic carbocycles. The van der Waals surface area contributed by atoms with Crippen molar-refractivity contribution >= 4 is 12.8 Å². The molecule has 0 aromatic heterocycles. The first-order valence-electron chi connectivity index (χ1n) is 8.69. The molecule has 4 nitrogen and oxygen atoms in total. The Morgan fingerprint density at radius 3 is 2.38 bits per heavy atom. The van der Waals surface area contributed by atoms with Crippen molar-refractivity contribution in [2.45, 2.75) is 58.3 Å². The van der Waals surface area contributed by atoms with Crippen LogP contribution in [0.25, 0.3) is 0 Å². The molecule has 1 saturated heterocycles. The maximum atomic E-state index is 14.4. The Morgan fingerprint density at radius 1 is 1.29 bits per heavy atom. The van der Waals surface area contributed by atoms with Crippen LogP contribution in [0.1, 0.15) is 68.1 Å². The largest absolute Gasteiger partial charge is 0.317 e. The first kappa shape index (κ1) is 20.3. The molecule has 0 aliphatic carbocycles. The highest BCUT2D eigenvalue weighted by molar-refractivity contribution is 5.67. The summed E-state index contributed by atoms with van der Waals surface area (Å²) in [6, 6.07) is 4.02. The molecule has 1 heterocycles. The minimum Gasteiger partial charge on any atom is -0.317 e. The minimum absolute atomic E-state index is 0.00878. The fraction of sp³-hybridized carbons (Fsp3) is 0.579. The van der Waals surface area contributed by atoms with Crippen molar-refractivity contribution in [3.05, 3.63) is 34.6 Å². The van der Waals surface area contributed by atoms with Gasteiger partial charge in [-0.3, -0.25) is 9.59 Å². The third kappa shape index (κ3) is 6.04. The Labute approximate surface area is 144 Å². The fourth-order valence-corrected chi connectivity index (χ4v) is 3.40. The lowest BCUT2D eigenvalue weighted by Gasteiger charge is -2.25. The number of carbonyl (C=O) groups is 2. The number of carbonyl (C=O) groups excluding carboxylic acids is 2. The Kier molecular flexibility index (Phi) is 9.23. The molecule has 24 heavy (non-hydrogen) atoms. The van der Waals surface area contributed by atoms with Crippen LogP contribution in [0.2, 0.25) is 0 Å². The van der Waals surface area contributed by atoms with Gasteiger partial charge in [0.25, 0.3) is 0 Å².